The van der Waals surface area contributed by atoms with E-state index in [0.29, 0.717) is 17.9 Å². The van der Waals surface area contributed by atoms with Gasteiger partial charge >= 0.3 is 0 Å². The van der Waals surface area contributed by atoms with Crippen molar-refractivity contribution in [3.63, 3.8) is 0 Å². The molecule has 0 bridgehead atoms. The van der Waals surface area contributed by atoms with Crippen LogP contribution < -0.4 is 5.32 Å². The number of aromatic nitrogens is 1. The molecule has 0 aromatic carbocycles. The van der Waals surface area contributed by atoms with Gasteiger partial charge in [-0.05, 0) is 41.1 Å². The average molecular weight is 354 g/mol. The van der Waals surface area contributed by atoms with Crippen LogP contribution in [0.25, 0.3) is 0 Å². The SMILES string of the molecule is CCNc1ncccc1C(=O)N(C)Cc1cc(Br)cs1. The van der Waals surface area contributed by atoms with Crippen LogP contribution in [0.2, 0.25) is 0 Å². The maximum atomic E-state index is 12.5. The predicted molar refractivity (Wildman–Crippen MR) is 86.2 cm³/mol. The van der Waals surface area contributed by atoms with Crippen LogP contribution in [0.4, 0.5) is 5.82 Å². The number of nitrogens with one attached hydrogen (secondary N) is 1. The van der Waals surface area contributed by atoms with E-state index in [0.717, 1.165) is 15.9 Å². The Kier molecular flexibility index (Phi) is 5.14. The fourth-order valence-corrected chi connectivity index (χ4v) is 3.34. The molecule has 4 nitrogen and oxygen atoms in total. The summed E-state index contributed by atoms with van der Waals surface area (Å²) in [6, 6.07) is 5.61. The Morgan fingerprint density at radius 1 is 1.55 bits per heavy atom. The van der Waals surface area contributed by atoms with Crippen molar-refractivity contribution in [3.05, 3.63) is 44.7 Å². The molecular weight excluding hydrogens is 338 g/mol. The van der Waals surface area contributed by atoms with E-state index >= 15 is 0 Å². The second-order valence-electron chi connectivity index (χ2n) is 4.32. The van der Waals surface area contributed by atoms with Crippen molar-refractivity contribution in [1.82, 2.24) is 9.88 Å². The first-order valence-electron chi connectivity index (χ1n) is 6.29. The number of amides is 1. The maximum absolute atomic E-state index is 12.5. The van der Waals surface area contributed by atoms with Gasteiger partial charge in [0.25, 0.3) is 5.91 Å². The second-order valence-corrected chi connectivity index (χ2v) is 6.23. The summed E-state index contributed by atoms with van der Waals surface area (Å²) in [5.74, 6) is 0.609. The monoisotopic (exact) mass is 353 g/mol. The van der Waals surface area contributed by atoms with Crippen molar-refractivity contribution >= 4 is 39.0 Å². The van der Waals surface area contributed by atoms with Gasteiger partial charge < -0.3 is 10.2 Å². The zero-order chi connectivity index (χ0) is 14.5. The molecule has 0 saturated heterocycles. The number of thiophene rings is 1. The molecule has 0 atom stereocenters. The number of carbonyl (C=O) groups excluding carboxylic acids is 1. The van der Waals surface area contributed by atoms with E-state index in [9.17, 15) is 4.79 Å². The van der Waals surface area contributed by atoms with Gasteiger partial charge in [-0.15, -0.1) is 11.3 Å². The normalized spacial score (nSPS) is 10.3. The van der Waals surface area contributed by atoms with Crippen LogP contribution in [0, 0.1) is 0 Å². The van der Waals surface area contributed by atoms with Gasteiger partial charge in [0.1, 0.15) is 5.82 Å². The van der Waals surface area contributed by atoms with E-state index in [1.807, 2.05) is 18.4 Å². The van der Waals surface area contributed by atoms with Crippen molar-refractivity contribution in [1.29, 1.82) is 0 Å². The highest BCUT2D eigenvalue weighted by atomic mass is 79.9. The maximum Gasteiger partial charge on any atom is 0.257 e. The van der Waals surface area contributed by atoms with E-state index < -0.39 is 0 Å². The summed E-state index contributed by atoms with van der Waals surface area (Å²) in [6.07, 6.45) is 1.69. The summed E-state index contributed by atoms with van der Waals surface area (Å²) in [5, 5.41) is 5.13. The Bertz CT molecular complexity index is 600. The Morgan fingerprint density at radius 3 is 3.00 bits per heavy atom. The summed E-state index contributed by atoms with van der Waals surface area (Å²) in [4.78, 5) is 19.6. The third-order valence-electron chi connectivity index (χ3n) is 2.74. The molecule has 2 aromatic heterocycles. The lowest BCUT2D eigenvalue weighted by atomic mass is 10.2. The molecule has 0 unspecified atom stereocenters. The molecule has 1 amide bonds. The number of hydrogen-bond acceptors (Lipinski definition) is 4. The van der Waals surface area contributed by atoms with Crippen LogP contribution in [-0.4, -0.2) is 29.4 Å². The Hall–Kier alpha value is -1.40. The lowest BCUT2D eigenvalue weighted by Gasteiger charge is -2.18. The number of nitrogens with zero attached hydrogens (tertiary/aromatic N) is 2. The summed E-state index contributed by atoms with van der Waals surface area (Å²) in [5.41, 5.74) is 0.604. The molecule has 2 aromatic rings. The highest BCUT2D eigenvalue weighted by Crippen LogP contribution is 2.22. The standard InChI is InChI=1S/C14H16BrN3OS/c1-3-16-13-12(5-4-6-17-13)14(19)18(2)8-11-7-10(15)9-20-11/h4-7,9H,3,8H2,1-2H3,(H,16,17). The van der Waals surface area contributed by atoms with E-state index in [2.05, 4.69) is 26.2 Å². The topological polar surface area (TPSA) is 45.2 Å². The predicted octanol–water partition coefficient (Wildman–Crippen LogP) is 3.61. The van der Waals surface area contributed by atoms with Crippen LogP contribution >= 0.6 is 27.3 Å². The first kappa shape index (κ1) is 15.0. The molecule has 2 heterocycles. The smallest absolute Gasteiger partial charge is 0.257 e. The van der Waals surface area contributed by atoms with Crippen molar-refractivity contribution in [2.45, 2.75) is 13.5 Å². The largest absolute Gasteiger partial charge is 0.370 e. The van der Waals surface area contributed by atoms with Crippen LogP contribution in [0.5, 0.6) is 0 Å². The summed E-state index contributed by atoms with van der Waals surface area (Å²) < 4.78 is 1.05. The molecular formula is C14H16BrN3OS. The van der Waals surface area contributed by atoms with Crippen LogP contribution in [0.1, 0.15) is 22.2 Å². The Labute approximate surface area is 131 Å². The third-order valence-corrected chi connectivity index (χ3v) is 4.43. The third kappa shape index (κ3) is 3.58. The molecule has 0 aliphatic heterocycles. The molecule has 20 heavy (non-hydrogen) atoms. The average Bonchev–Trinajstić information content (AvgIpc) is 2.84. The van der Waals surface area contributed by atoms with Gasteiger partial charge in [0, 0.05) is 34.5 Å². The quantitative estimate of drug-likeness (QED) is 0.892. The molecule has 0 aliphatic rings. The Balaban J connectivity index is 2.14. The van der Waals surface area contributed by atoms with Gasteiger partial charge in [-0.25, -0.2) is 4.98 Å². The first-order chi connectivity index (χ1) is 9.61. The minimum absolute atomic E-state index is 0.0291. The molecule has 6 heteroatoms. The van der Waals surface area contributed by atoms with Crippen molar-refractivity contribution in [2.75, 3.05) is 18.9 Å². The molecule has 106 valence electrons. The number of pyridine rings is 1. The first-order valence-corrected chi connectivity index (χ1v) is 7.96. The van der Waals surface area contributed by atoms with Gasteiger partial charge in [-0.3, -0.25) is 4.79 Å². The van der Waals surface area contributed by atoms with Crippen molar-refractivity contribution in [2.24, 2.45) is 0 Å². The number of hydrogen-bond donors (Lipinski definition) is 1. The van der Waals surface area contributed by atoms with Crippen molar-refractivity contribution < 1.29 is 4.79 Å². The Morgan fingerprint density at radius 2 is 2.35 bits per heavy atom. The lowest BCUT2D eigenvalue weighted by Crippen LogP contribution is -2.27. The zero-order valence-electron chi connectivity index (χ0n) is 11.4. The van der Waals surface area contributed by atoms with E-state index in [4.69, 9.17) is 0 Å². The minimum Gasteiger partial charge on any atom is -0.370 e. The van der Waals surface area contributed by atoms with Crippen LogP contribution in [0.3, 0.4) is 0 Å². The van der Waals surface area contributed by atoms with E-state index in [1.54, 1.807) is 41.6 Å². The lowest BCUT2D eigenvalue weighted by molar-refractivity contribution is 0.0787. The number of anilines is 1. The summed E-state index contributed by atoms with van der Waals surface area (Å²) in [7, 11) is 1.80. The minimum atomic E-state index is -0.0291. The van der Waals surface area contributed by atoms with E-state index in [-0.39, 0.29) is 5.91 Å². The zero-order valence-corrected chi connectivity index (χ0v) is 13.8. The van der Waals surface area contributed by atoms with Gasteiger partial charge in [0.15, 0.2) is 0 Å². The van der Waals surface area contributed by atoms with Crippen LogP contribution in [0.15, 0.2) is 34.2 Å². The van der Waals surface area contributed by atoms with Gasteiger partial charge in [0.2, 0.25) is 0 Å². The summed E-state index contributed by atoms with van der Waals surface area (Å²) in [6.45, 7) is 3.31. The van der Waals surface area contributed by atoms with Gasteiger partial charge in [-0.1, -0.05) is 0 Å². The molecule has 0 radical (unpaired) electrons. The fourth-order valence-electron chi connectivity index (χ4n) is 1.83. The second kappa shape index (κ2) is 6.85. The highest BCUT2D eigenvalue weighted by Gasteiger charge is 2.16. The fraction of sp³-hybridized carbons (Fsp3) is 0.286. The summed E-state index contributed by atoms with van der Waals surface area (Å²) >= 11 is 5.06. The van der Waals surface area contributed by atoms with Gasteiger partial charge in [-0.2, -0.15) is 0 Å². The van der Waals surface area contributed by atoms with Crippen LogP contribution in [-0.2, 0) is 6.54 Å². The number of halogens is 1. The van der Waals surface area contributed by atoms with Gasteiger partial charge in [0.05, 0.1) is 12.1 Å². The van der Waals surface area contributed by atoms with Crippen molar-refractivity contribution in [3.8, 4) is 0 Å². The molecule has 0 spiro atoms. The molecule has 2 rings (SSSR count). The molecule has 0 saturated carbocycles. The van der Waals surface area contributed by atoms with E-state index in [1.165, 1.54) is 0 Å². The molecule has 1 N–H and O–H groups in total. The highest BCUT2D eigenvalue weighted by molar-refractivity contribution is 9.10. The number of rotatable bonds is 5. The molecule has 0 aliphatic carbocycles. The molecule has 0 fully saturated rings. The number of carbonyl (C=O) groups is 1.